The van der Waals surface area contributed by atoms with Gasteiger partial charge in [-0.05, 0) is 32.0 Å². The molecular formula is C19H18N4O5S3. The van der Waals surface area contributed by atoms with E-state index in [1.807, 2.05) is 19.2 Å². The lowest BCUT2D eigenvalue weighted by Gasteiger charge is -2.03. The first-order chi connectivity index (χ1) is 14.6. The molecule has 3 aromatic heterocycles. The molecule has 1 amide bonds. The summed E-state index contributed by atoms with van der Waals surface area (Å²) in [5.41, 5.74) is 2.33. The van der Waals surface area contributed by atoms with Crippen LogP contribution in [0, 0.1) is 13.8 Å². The lowest BCUT2D eigenvalue weighted by atomic mass is 10.2. The maximum atomic E-state index is 12.4. The molecule has 4 rings (SSSR count). The van der Waals surface area contributed by atoms with Gasteiger partial charge in [0.05, 0.1) is 16.1 Å². The van der Waals surface area contributed by atoms with E-state index >= 15 is 0 Å². The maximum absolute atomic E-state index is 12.4. The number of hydrogen-bond donors (Lipinski definition) is 2. The van der Waals surface area contributed by atoms with Crippen LogP contribution >= 0.6 is 22.7 Å². The van der Waals surface area contributed by atoms with E-state index in [0.717, 1.165) is 16.1 Å². The number of amides is 1. The first-order valence-corrected chi connectivity index (χ1v) is 12.3. The predicted molar refractivity (Wildman–Crippen MR) is 120 cm³/mol. The topological polar surface area (TPSA) is 137 Å². The fourth-order valence-electron chi connectivity index (χ4n) is 3.17. The van der Waals surface area contributed by atoms with Crippen LogP contribution in [-0.2, 0) is 21.4 Å². The van der Waals surface area contributed by atoms with E-state index in [2.05, 4.69) is 16.4 Å². The van der Waals surface area contributed by atoms with Gasteiger partial charge in [-0.2, -0.15) is 0 Å². The molecule has 0 fully saturated rings. The van der Waals surface area contributed by atoms with Gasteiger partial charge in [0, 0.05) is 39.7 Å². The average molecular weight is 479 g/mol. The van der Waals surface area contributed by atoms with Crippen molar-refractivity contribution in [2.75, 3.05) is 5.32 Å². The minimum atomic E-state index is -3.92. The molecule has 0 aliphatic carbocycles. The Bertz CT molecular complexity index is 1460. The Morgan fingerprint density at radius 2 is 2.06 bits per heavy atom. The highest BCUT2D eigenvalue weighted by Crippen LogP contribution is 2.32. The average Bonchev–Trinajstić information content (AvgIpc) is 3.35. The number of thiophene rings is 1. The zero-order valence-electron chi connectivity index (χ0n) is 16.5. The highest BCUT2D eigenvalue weighted by Gasteiger charge is 2.16. The molecule has 0 saturated carbocycles. The molecule has 3 N–H and O–H groups in total. The monoisotopic (exact) mass is 478 g/mol. The maximum Gasteiger partial charge on any atom is 0.419 e. The number of anilines is 1. The molecule has 3 heterocycles. The van der Waals surface area contributed by atoms with Crippen molar-refractivity contribution in [1.82, 2.24) is 9.55 Å². The van der Waals surface area contributed by atoms with Gasteiger partial charge in [-0.15, -0.1) is 22.7 Å². The molecule has 0 aliphatic heterocycles. The number of carbonyl (C=O) groups is 1. The Balaban J connectivity index is 1.46. The van der Waals surface area contributed by atoms with Crippen LogP contribution in [0.4, 0.5) is 5.13 Å². The van der Waals surface area contributed by atoms with E-state index in [9.17, 15) is 18.0 Å². The highest BCUT2D eigenvalue weighted by molar-refractivity contribution is 7.89. The van der Waals surface area contributed by atoms with Gasteiger partial charge in [0.15, 0.2) is 10.7 Å². The molecule has 9 nitrogen and oxygen atoms in total. The van der Waals surface area contributed by atoms with E-state index in [1.54, 1.807) is 11.3 Å². The minimum Gasteiger partial charge on any atom is -0.408 e. The lowest BCUT2D eigenvalue weighted by Crippen LogP contribution is -2.19. The number of oxazole rings is 1. The van der Waals surface area contributed by atoms with Crippen LogP contribution in [-0.4, -0.2) is 23.9 Å². The Hall–Kier alpha value is -2.80. The van der Waals surface area contributed by atoms with Crippen LogP contribution < -0.4 is 16.2 Å². The molecule has 0 unspecified atom stereocenters. The standard InChI is InChI=1S/C19H18N4O5S3/c1-10-7-13(11(2)30-10)14-9-29-18(21-14)22-17(24)5-6-23-15-4-3-12(31(20,26)27)8-16(15)28-19(23)25/h3-4,7-9H,5-6H2,1-2H3,(H2,20,26,27)(H,21,22,24). The number of primary sulfonamides is 1. The predicted octanol–water partition coefficient (Wildman–Crippen LogP) is 3.07. The van der Waals surface area contributed by atoms with Crippen LogP contribution in [0.1, 0.15) is 16.2 Å². The summed E-state index contributed by atoms with van der Waals surface area (Å²) < 4.78 is 29.3. The number of rotatable bonds is 6. The zero-order valence-corrected chi connectivity index (χ0v) is 19.0. The summed E-state index contributed by atoms with van der Waals surface area (Å²) in [4.78, 5) is 31.2. The number of aryl methyl sites for hydroxylation is 3. The smallest absolute Gasteiger partial charge is 0.408 e. The molecule has 0 bridgehead atoms. The second-order valence-electron chi connectivity index (χ2n) is 6.86. The lowest BCUT2D eigenvalue weighted by molar-refractivity contribution is -0.116. The number of sulfonamides is 1. The van der Waals surface area contributed by atoms with Crippen LogP contribution in [0.15, 0.2) is 43.8 Å². The molecular weight excluding hydrogens is 460 g/mol. The number of thiazole rings is 1. The van der Waals surface area contributed by atoms with Crippen LogP contribution in [0.3, 0.4) is 0 Å². The molecule has 1 aromatic carbocycles. The first kappa shape index (κ1) is 21.4. The molecule has 4 aromatic rings. The number of carbonyl (C=O) groups excluding carboxylic acids is 1. The Morgan fingerprint density at radius 1 is 1.29 bits per heavy atom. The largest absolute Gasteiger partial charge is 0.419 e. The van der Waals surface area contributed by atoms with Gasteiger partial charge in [0.2, 0.25) is 15.9 Å². The number of hydrogen-bond acceptors (Lipinski definition) is 8. The fourth-order valence-corrected chi connectivity index (χ4v) is 5.36. The molecule has 0 aliphatic rings. The van der Waals surface area contributed by atoms with Crippen molar-refractivity contribution < 1.29 is 17.6 Å². The van der Waals surface area contributed by atoms with E-state index in [0.29, 0.717) is 10.6 Å². The van der Waals surface area contributed by atoms with Crippen molar-refractivity contribution in [1.29, 1.82) is 0 Å². The van der Waals surface area contributed by atoms with Crippen molar-refractivity contribution in [3.63, 3.8) is 0 Å². The summed E-state index contributed by atoms with van der Waals surface area (Å²) in [7, 11) is -3.92. The molecule has 31 heavy (non-hydrogen) atoms. The van der Waals surface area contributed by atoms with Crippen LogP contribution in [0.2, 0.25) is 0 Å². The van der Waals surface area contributed by atoms with Gasteiger partial charge in [-0.1, -0.05) is 0 Å². The quantitative estimate of drug-likeness (QED) is 0.437. The van der Waals surface area contributed by atoms with E-state index in [-0.39, 0.29) is 29.4 Å². The zero-order chi connectivity index (χ0) is 22.3. The summed E-state index contributed by atoms with van der Waals surface area (Å²) in [6.07, 6.45) is 0.0109. The van der Waals surface area contributed by atoms with E-state index in [1.165, 1.54) is 39.0 Å². The van der Waals surface area contributed by atoms with Crippen molar-refractivity contribution in [3.8, 4) is 11.3 Å². The number of benzene rings is 1. The van der Waals surface area contributed by atoms with Crippen molar-refractivity contribution >= 4 is 54.8 Å². The molecule has 0 radical (unpaired) electrons. The van der Waals surface area contributed by atoms with Gasteiger partial charge < -0.3 is 9.73 Å². The third kappa shape index (κ3) is 4.46. The number of nitrogens with zero attached hydrogens (tertiary/aromatic N) is 2. The van der Waals surface area contributed by atoms with Gasteiger partial charge >= 0.3 is 5.76 Å². The Morgan fingerprint density at radius 3 is 2.74 bits per heavy atom. The van der Waals surface area contributed by atoms with Gasteiger partial charge in [-0.3, -0.25) is 9.36 Å². The third-order valence-corrected chi connectivity index (χ3v) is 7.23. The van der Waals surface area contributed by atoms with Crippen molar-refractivity contribution in [3.05, 3.63) is 50.0 Å². The molecule has 0 saturated heterocycles. The molecule has 162 valence electrons. The summed E-state index contributed by atoms with van der Waals surface area (Å²) in [5, 5.41) is 10.2. The van der Waals surface area contributed by atoms with E-state index in [4.69, 9.17) is 9.56 Å². The van der Waals surface area contributed by atoms with Gasteiger partial charge in [0.1, 0.15) is 0 Å². The Labute approximate surface area is 185 Å². The first-order valence-electron chi connectivity index (χ1n) is 9.11. The normalized spacial score (nSPS) is 11.8. The molecule has 0 spiro atoms. The SMILES string of the molecule is Cc1cc(-c2csc(NC(=O)CCn3c(=O)oc4cc(S(N)(=O)=O)ccc43)n2)c(C)s1. The summed E-state index contributed by atoms with van der Waals surface area (Å²) in [6, 6.07) is 5.97. The summed E-state index contributed by atoms with van der Waals surface area (Å²) in [5.74, 6) is -0.990. The minimum absolute atomic E-state index is 0.0109. The fraction of sp³-hybridized carbons (Fsp3) is 0.211. The van der Waals surface area contributed by atoms with Gasteiger partial charge in [-0.25, -0.2) is 23.3 Å². The van der Waals surface area contributed by atoms with Gasteiger partial charge in [0.25, 0.3) is 0 Å². The second kappa shape index (κ2) is 8.04. The summed E-state index contributed by atoms with van der Waals surface area (Å²) in [6.45, 7) is 4.13. The summed E-state index contributed by atoms with van der Waals surface area (Å²) >= 11 is 3.02. The van der Waals surface area contributed by atoms with Crippen molar-refractivity contribution in [2.45, 2.75) is 31.7 Å². The van der Waals surface area contributed by atoms with E-state index < -0.39 is 15.8 Å². The Kier molecular flexibility index (Phi) is 5.56. The highest BCUT2D eigenvalue weighted by atomic mass is 32.2. The number of nitrogens with one attached hydrogen (secondary N) is 1. The van der Waals surface area contributed by atoms with Crippen LogP contribution in [0.5, 0.6) is 0 Å². The number of nitrogens with two attached hydrogens (primary N) is 1. The third-order valence-electron chi connectivity index (χ3n) is 4.60. The van der Waals surface area contributed by atoms with Crippen molar-refractivity contribution in [2.24, 2.45) is 5.14 Å². The second-order valence-corrected chi connectivity index (χ2v) is 10.7. The number of fused-ring (bicyclic) bond motifs is 1. The molecule has 12 heteroatoms. The number of aromatic nitrogens is 2. The van der Waals surface area contributed by atoms with Crippen LogP contribution in [0.25, 0.3) is 22.4 Å². The molecule has 0 atom stereocenters.